The third-order valence-electron chi connectivity index (χ3n) is 13.7. The average molecular weight is 1080 g/mol. The van der Waals surface area contributed by atoms with Crippen LogP contribution in [0.3, 0.4) is 0 Å². The summed E-state index contributed by atoms with van der Waals surface area (Å²) in [6.07, 6.45) is -0.506. The molecule has 1 saturated heterocycles. The van der Waals surface area contributed by atoms with Crippen molar-refractivity contribution in [3.8, 4) is 0 Å². The number of likely N-dealkylation sites (tertiary alicyclic amines) is 1. The molecule has 0 aliphatic carbocycles. The Hall–Kier alpha value is -6.93. The molecular weight excluding hydrogens is 1000 g/mol. The van der Waals surface area contributed by atoms with Gasteiger partial charge in [0.2, 0.25) is 53.2 Å². The molecule has 2 aromatic carbocycles. The van der Waals surface area contributed by atoms with Gasteiger partial charge in [0, 0.05) is 47.8 Å². The van der Waals surface area contributed by atoms with Crippen LogP contribution in [0.5, 0.6) is 0 Å². The molecule has 1 fully saturated rings. The SMILES string of the molecule is CC[C@H](C)[C@@H]1NC(=O)CNC(=O)[C@H](NC(=O)[C@@H](NC(=O)[C@@H]2CCCN2C(=O)[C@H](CC(=O)NCc2ccc(NC(=O)[C@H](C)NC)cc2)NC)[C@@H](C)[C@@H](O)CO)Cc2c([nH]c3ccccc23)SC[C@@H](C=O)NC(=O)CNC1=O. The highest BCUT2D eigenvalue weighted by atomic mass is 32.2. The van der Waals surface area contributed by atoms with Gasteiger partial charge in [0.25, 0.3) is 0 Å². The highest BCUT2D eigenvalue weighted by Gasteiger charge is 2.41. The highest BCUT2D eigenvalue weighted by molar-refractivity contribution is 7.99. The largest absolute Gasteiger partial charge is 0.394 e. The summed E-state index contributed by atoms with van der Waals surface area (Å²) in [5, 5.41) is 49.0. The molecule has 2 aliphatic heterocycles. The van der Waals surface area contributed by atoms with E-state index < -0.39 is 127 Å². The molecule has 0 saturated carbocycles. The molecule has 10 atom stereocenters. The number of nitrogens with one attached hydrogen (secondary N) is 11. The maximum Gasteiger partial charge on any atom is 0.243 e. The molecule has 24 nitrogen and oxygen atoms in total. The Kier molecular flexibility index (Phi) is 22.7. The Bertz CT molecular complexity index is 2560. The van der Waals surface area contributed by atoms with Crippen LogP contribution >= 0.6 is 11.8 Å². The van der Waals surface area contributed by atoms with Gasteiger partial charge in [-0.2, -0.15) is 0 Å². The number of fused-ring (bicyclic) bond motifs is 3. The molecule has 76 heavy (non-hydrogen) atoms. The van der Waals surface area contributed by atoms with Gasteiger partial charge in [-0.15, -0.1) is 11.8 Å². The van der Waals surface area contributed by atoms with E-state index in [0.717, 1.165) is 17.3 Å². The molecule has 2 aliphatic rings. The van der Waals surface area contributed by atoms with Crippen LogP contribution < -0.4 is 53.2 Å². The van der Waals surface area contributed by atoms with Crippen molar-refractivity contribution in [3.05, 3.63) is 59.7 Å². The van der Waals surface area contributed by atoms with Crippen molar-refractivity contribution < 1.29 is 58.2 Å². The first kappa shape index (κ1) is 59.9. The number of aliphatic hydroxyl groups is 2. The fourth-order valence-electron chi connectivity index (χ4n) is 8.65. The van der Waals surface area contributed by atoms with Gasteiger partial charge in [-0.3, -0.25) is 43.2 Å². The van der Waals surface area contributed by atoms with E-state index in [9.17, 15) is 58.2 Å². The number of carbonyl (C=O) groups is 10. The molecular formula is C51H72N12O12S. The summed E-state index contributed by atoms with van der Waals surface area (Å²) in [6.45, 7) is 4.98. The van der Waals surface area contributed by atoms with Crippen molar-refractivity contribution in [2.24, 2.45) is 11.8 Å². The molecule has 414 valence electrons. The summed E-state index contributed by atoms with van der Waals surface area (Å²) in [4.78, 5) is 139. The van der Waals surface area contributed by atoms with Crippen LogP contribution in [0, 0.1) is 11.8 Å². The molecule has 25 heteroatoms. The van der Waals surface area contributed by atoms with E-state index in [1.54, 1.807) is 76.3 Å². The fraction of sp³-hybridized carbons (Fsp3) is 0.529. The van der Waals surface area contributed by atoms with Crippen molar-refractivity contribution >= 4 is 87.8 Å². The van der Waals surface area contributed by atoms with E-state index >= 15 is 0 Å². The van der Waals surface area contributed by atoms with Gasteiger partial charge < -0.3 is 78.1 Å². The average Bonchev–Trinajstić information content (AvgIpc) is 4.06. The predicted molar refractivity (Wildman–Crippen MR) is 282 cm³/mol. The minimum absolute atomic E-state index is 0.0155. The van der Waals surface area contributed by atoms with Crippen molar-refractivity contribution in [2.75, 3.05) is 51.4 Å². The van der Waals surface area contributed by atoms with Crippen LogP contribution in [0.2, 0.25) is 0 Å². The van der Waals surface area contributed by atoms with Gasteiger partial charge >= 0.3 is 0 Å². The van der Waals surface area contributed by atoms with Crippen LogP contribution in [0.1, 0.15) is 64.5 Å². The topological polar surface area (TPSA) is 350 Å². The standard InChI is InChI=1S/C51H72N12O12S/c1-7-27(2)43-48(73)56-22-41(68)57-32(24-64)26-76-50-34(33-11-8-9-12-35(33)60-50)19-36(46(71)55-23-42(69)61-43)59-49(74)44(28(3)39(66)25-65)62-47(72)38-13-10-18-63(38)51(75)37(53-6)20-40(67)54-21-30-14-16-31(17-15-30)58-45(70)29(4)52-5/h8-9,11-12,14-17,24,27-29,32,36-39,43-44,52-53,60,65-66H,7,10,13,18-23,25-26H2,1-6H3,(H,54,67)(H,55,71)(H,56,73)(H,57,68)(H,58,70)(H,59,74)(H,61,69)(H,62,72)/t27-,28-,29-,32+,36+,37-,38-,39-,43-,44-/m0/s1. The van der Waals surface area contributed by atoms with Crippen molar-refractivity contribution in [1.82, 2.24) is 57.7 Å². The molecule has 1 aromatic heterocycles. The number of carbonyl (C=O) groups excluding carboxylic acids is 10. The van der Waals surface area contributed by atoms with Gasteiger partial charge in [0.1, 0.15) is 30.5 Å². The lowest BCUT2D eigenvalue weighted by Crippen LogP contribution is -2.61. The minimum atomic E-state index is -1.62. The zero-order valence-electron chi connectivity index (χ0n) is 43.6. The first-order valence-electron chi connectivity index (χ1n) is 25.4. The Morgan fingerprint density at radius 2 is 1.58 bits per heavy atom. The van der Waals surface area contributed by atoms with Gasteiger partial charge in [-0.25, -0.2) is 0 Å². The lowest BCUT2D eigenvalue weighted by Gasteiger charge is -2.32. The predicted octanol–water partition coefficient (Wildman–Crippen LogP) is -1.95. The number of nitrogens with zero attached hydrogens (tertiary/aromatic N) is 1. The van der Waals surface area contributed by atoms with Crippen LogP contribution in [-0.2, 0) is 60.9 Å². The smallest absolute Gasteiger partial charge is 0.243 e. The van der Waals surface area contributed by atoms with Gasteiger partial charge in [-0.1, -0.05) is 57.5 Å². The number of aliphatic hydroxyl groups excluding tert-OH is 2. The zero-order chi connectivity index (χ0) is 55.6. The third kappa shape index (κ3) is 16.3. The second kappa shape index (κ2) is 28.8. The van der Waals surface area contributed by atoms with Crippen molar-refractivity contribution in [1.29, 1.82) is 0 Å². The second-order valence-corrected chi connectivity index (χ2v) is 20.1. The summed E-state index contributed by atoms with van der Waals surface area (Å²) in [5.74, 6) is -7.48. The summed E-state index contributed by atoms with van der Waals surface area (Å²) < 4.78 is 0. The lowest BCUT2D eigenvalue weighted by molar-refractivity contribution is -0.142. The normalized spacial score (nSPS) is 21.3. The summed E-state index contributed by atoms with van der Waals surface area (Å²) in [7, 11) is 3.18. The Labute approximate surface area is 444 Å². The van der Waals surface area contributed by atoms with E-state index in [1.807, 2.05) is 0 Å². The third-order valence-corrected chi connectivity index (χ3v) is 14.9. The monoisotopic (exact) mass is 1080 g/mol. The number of aromatic nitrogens is 1. The van der Waals surface area contributed by atoms with E-state index in [4.69, 9.17) is 0 Å². The van der Waals surface area contributed by atoms with Crippen LogP contribution in [0.25, 0.3) is 10.9 Å². The molecule has 5 rings (SSSR count). The van der Waals surface area contributed by atoms with E-state index in [0.29, 0.717) is 46.3 Å². The Balaban J connectivity index is 1.36. The number of para-hydroxylation sites is 1. The van der Waals surface area contributed by atoms with E-state index in [2.05, 4.69) is 58.2 Å². The van der Waals surface area contributed by atoms with Crippen molar-refractivity contribution in [3.63, 3.8) is 0 Å². The number of H-pyrrole nitrogens is 1. The van der Waals surface area contributed by atoms with Crippen molar-refractivity contribution in [2.45, 2.75) is 120 Å². The van der Waals surface area contributed by atoms with Gasteiger partial charge in [0.15, 0.2) is 0 Å². The first-order valence-corrected chi connectivity index (χ1v) is 26.3. The number of rotatable bonds is 19. The minimum Gasteiger partial charge on any atom is -0.394 e. The maximum atomic E-state index is 14.7. The van der Waals surface area contributed by atoms with E-state index in [1.165, 1.54) is 18.9 Å². The molecule has 0 bridgehead atoms. The number of amides is 9. The molecule has 9 amide bonds. The fourth-order valence-corrected chi connectivity index (χ4v) is 9.71. The van der Waals surface area contributed by atoms with Crippen LogP contribution in [0.15, 0.2) is 53.6 Å². The zero-order valence-corrected chi connectivity index (χ0v) is 44.4. The summed E-state index contributed by atoms with van der Waals surface area (Å²) >= 11 is 1.15. The number of likely N-dealkylation sites (N-methyl/N-ethyl adjacent to an activating group) is 2. The van der Waals surface area contributed by atoms with Crippen LogP contribution in [-0.4, -0.2) is 174 Å². The quantitative estimate of drug-likeness (QED) is 0.0581. The number of thioether (sulfide) groups is 1. The number of hydrogen-bond acceptors (Lipinski definition) is 15. The number of anilines is 1. The van der Waals surface area contributed by atoms with Gasteiger partial charge in [0.05, 0.1) is 55.4 Å². The molecule has 0 radical (unpaired) electrons. The Morgan fingerprint density at radius 3 is 2.24 bits per heavy atom. The van der Waals surface area contributed by atoms with Gasteiger partial charge in [-0.05, 0) is 69.1 Å². The lowest BCUT2D eigenvalue weighted by atomic mass is 9.94. The Morgan fingerprint density at radius 1 is 0.895 bits per heavy atom. The first-order chi connectivity index (χ1) is 36.3. The molecule has 0 unspecified atom stereocenters. The van der Waals surface area contributed by atoms with Crippen LogP contribution in [0.4, 0.5) is 5.69 Å². The number of aromatic amines is 1. The number of benzene rings is 2. The summed E-state index contributed by atoms with van der Waals surface area (Å²) in [5.41, 5.74) is 2.45. The summed E-state index contributed by atoms with van der Waals surface area (Å²) in [6, 6.07) is 6.15. The molecule has 3 aromatic rings. The molecule has 13 N–H and O–H groups in total. The number of aldehydes is 1. The van der Waals surface area contributed by atoms with E-state index in [-0.39, 0.29) is 44.0 Å². The second-order valence-electron chi connectivity index (χ2n) is 19.0. The highest BCUT2D eigenvalue weighted by Crippen LogP contribution is 2.32. The number of hydrogen-bond donors (Lipinski definition) is 13. The maximum absolute atomic E-state index is 14.7. The molecule has 3 heterocycles. The molecule has 0 spiro atoms.